The van der Waals surface area contributed by atoms with Crippen molar-refractivity contribution in [2.45, 2.75) is 120 Å². The molecule has 5 nitrogen and oxygen atoms in total. The third kappa shape index (κ3) is 5.45. The van der Waals surface area contributed by atoms with E-state index >= 15 is 0 Å². The molecule has 0 heterocycles. The minimum absolute atomic E-state index is 0. The van der Waals surface area contributed by atoms with E-state index in [0.717, 1.165) is 43.4 Å². The van der Waals surface area contributed by atoms with E-state index in [1.54, 1.807) is 6.92 Å². The van der Waals surface area contributed by atoms with E-state index in [9.17, 15) is 19.8 Å². The van der Waals surface area contributed by atoms with Gasteiger partial charge in [0.2, 0.25) is 0 Å². The molecule has 5 fully saturated rings. The Bertz CT molecular complexity index is 701. The molecule has 35 heavy (non-hydrogen) atoms. The van der Waals surface area contributed by atoms with E-state index in [2.05, 4.69) is 6.92 Å². The zero-order chi connectivity index (χ0) is 21.9. The molecular weight excluding hydrogens is 440 g/mol. The van der Waals surface area contributed by atoms with Gasteiger partial charge in [-0.15, -0.1) is 0 Å². The van der Waals surface area contributed by atoms with Crippen molar-refractivity contribution in [3.05, 3.63) is 0 Å². The van der Waals surface area contributed by atoms with Crippen LogP contribution in [0.15, 0.2) is 0 Å². The SMILES string of the molecule is C.C.C.C.CC(CC1C2CC(C1C(C(=O)O)C(C)C(=O)O)C1C3CCC(C3)C21)OC1CCCCC1. The standard InChI is InChI=1S/C26H40O5.4CH4/c1-13(31-17-6-4-3-5-7-17)10-18-19-12-20(23-16-9-8-15(11-16)22(19)23)24(18)21(26(29)30)14(2)25(27)28;;;;/h13-24H,3-12H2,1-2H3,(H,27,28)(H,29,30);4*1H4. The Kier molecular flexibility index (Phi) is 11.3. The molecule has 5 saturated carbocycles. The fourth-order valence-electron chi connectivity index (χ4n) is 9.45. The second kappa shape index (κ2) is 12.4. The van der Waals surface area contributed by atoms with Crippen LogP contribution >= 0.6 is 0 Å². The van der Waals surface area contributed by atoms with Gasteiger partial charge in [0, 0.05) is 0 Å². The lowest BCUT2D eigenvalue weighted by atomic mass is 9.58. The summed E-state index contributed by atoms with van der Waals surface area (Å²) in [5, 5.41) is 19.9. The van der Waals surface area contributed by atoms with E-state index in [4.69, 9.17) is 4.74 Å². The largest absolute Gasteiger partial charge is 0.481 e. The van der Waals surface area contributed by atoms with Gasteiger partial charge in [0.25, 0.3) is 0 Å². The van der Waals surface area contributed by atoms with Gasteiger partial charge in [-0.25, -0.2) is 0 Å². The molecule has 11 atom stereocenters. The molecule has 2 N–H and O–H groups in total. The Hall–Kier alpha value is -1.10. The maximum absolute atomic E-state index is 12.4. The highest BCUT2D eigenvalue weighted by Crippen LogP contribution is 2.72. The molecule has 0 spiro atoms. The minimum atomic E-state index is -0.968. The van der Waals surface area contributed by atoms with Crippen LogP contribution in [0.4, 0.5) is 0 Å². The average molecular weight is 497 g/mol. The molecule has 5 aliphatic carbocycles. The molecule has 0 aliphatic heterocycles. The first-order valence-electron chi connectivity index (χ1n) is 13.0. The zero-order valence-electron chi connectivity index (χ0n) is 19.1. The van der Waals surface area contributed by atoms with Crippen molar-refractivity contribution in [3.63, 3.8) is 0 Å². The Labute approximate surface area is 215 Å². The lowest BCUT2D eigenvalue weighted by Crippen LogP contribution is -2.47. The Morgan fingerprint density at radius 2 is 1.37 bits per heavy atom. The second-order valence-corrected chi connectivity index (χ2v) is 11.7. The molecule has 0 aromatic heterocycles. The average Bonchev–Trinajstić information content (AvgIpc) is 3.48. The maximum atomic E-state index is 12.4. The summed E-state index contributed by atoms with van der Waals surface area (Å²) in [7, 11) is 0. The van der Waals surface area contributed by atoms with Crippen molar-refractivity contribution in [2.24, 2.45) is 59.2 Å². The molecule has 4 bridgehead atoms. The summed E-state index contributed by atoms with van der Waals surface area (Å²) in [5.41, 5.74) is 0. The molecule has 5 rings (SSSR count). The van der Waals surface area contributed by atoms with Crippen LogP contribution in [0.3, 0.4) is 0 Å². The van der Waals surface area contributed by atoms with Crippen molar-refractivity contribution >= 4 is 11.9 Å². The van der Waals surface area contributed by atoms with Gasteiger partial charge < -0.3 is 14.9 Å². The summed E-state index contributed by atoms with van der Waals surface area (Å²) in [5.74, 6) is 0.804. The van der Waals surface area contributed by atoms with E-state index in [1.165, 1.54) is 38.5 Å². The van der Waals surface area contributed by atoms with Crippen LogP contribution in [0, 0.1) is 59.2 Å². The summed E-state index contributed by atoms with van der Waals surface area (Å²) in [4.78, 5) is 24.3. The van der Waals surface area contributed by atoms with Gasteiger partial charge in [0.1, 0.15) is 0 Å². The molecule has 0 aromatic rings. The van der Waals surface area contributed by atoms with Gasteiger partial charge in [0.15, 0.2) is 0 Å². The third-order valence-electron chi connectivity index (χ3n) is 10.3. The number of carbonyl (C=O) groups is 2. The predicted octanol–water partition coefficient (Wildman–Crippen LogP) is 7.62. The minimum Gasteiger partial charge on any atom is -0.481 e. The maximum Gasteiger partial charge on any atom is 0.307 e. The fraction of sp³-hybridized carbons (Fsp3) is 0.933. The monoisotopic (exact) mass is 496 g/mol. The normalized spacial score (nSPS) is 39.1. The third-order valence-corrected chi connectivity index (χ3v) is 10.3. The van der Waals surface area contributed by atoms with E-state index < -0.39 is 23.8 Å². The molecule has 206 valence electrons. The predicted molar refractivity (Wildman–Crippen MR) is 143 cm³/mol. The number of carboxylic acids is 2. The summed E-state index contributed by atoms with van der Waals surface area (Å²) < 4.78 is 6.47. The molecule has 11 unspecified atom stereocenters. The molecule has 0 saturated heterocycles. The van der Waals surface area contributed by atoms with Crippen LogP contribution < -0.4 is 0 Å². The zero-order valence-corrected chi connectivity index (χ0v) is 19.1. The Balaban J connectivity index is 0.00000153. The molecule has 0 amide bonds. The van der Waals surface area contributed by atoms with Crippen LogP contribution in [0.25, 0.3) is 0 Å². The smallest absolute Gasteiger partial charge is 0.307 e. The molecule has 5 aliphatic rings. The first kappa shape index (κ1) is 31.9. The van der Waals surface area contributed by atoms with Gasteiger partial charge in [-0.2, -0.15) is 0 Å². The molecule has 5 heteroatoms. The van der Waals surface area contributed by atoms with Crippen LogP contribution in [-0.4, -0.2) is 34.4 Å². The number of fused-ring (bicyclic) bond motifs is 9. The number of rotatable bonds is 8. The second-order valence-electron chi connectivity index (χ2n) is 11.7. The number of ether oxygens (including phenoxy) is 1. The van der Waals surface area contributed by atoms with Gasteiger partial charge in [-0.05, 0) is 99.2 Å². The lowest BCUT2D eigenvalue weighted by Gasteiger charge is -2.46. The van der Waals surface area contributed by atoms with Crippen molar-refractivity contribution in [1.29, 1.82) is 0 Å². The molecule has 0 aromatic carbocycles. The Morgan fingerprint density at radius 1 is 0.800 bits per heavy atom. The van der Waals surface area contributed by atoms with Crippen molar-refractivity contribution in [2.75, 3.05) is 0 Å². The number of hydrogen-bond acceptors (Lipinski definition) is 3. The first-order chi connectivity index (χ1) is 14.9. The summed E-state index contributed by atoms with van der Waals surface area (Å²) in [6.07, 6.45) is 12.6. The molecule has 0 radical (unpaired) electrons. The Morgan fingerprint density at radius 3 is 1.91 bits per heavy atom. The number of aliphatic carboxylic acids is 2. The quantitative estimate of drug-likeness (QED) is 0.338. The van der Waals surface area contributed by atoms with Crippen LogP contribution in [0.5, 0.6) is 0 Å². The first-order valence-corrected chi connectivity index (χ1v) is 13.0. The van der Waals surface area contributed by atoms with Gasteiger partial charge >= 0.3 is 11.9 Å². The van der Waals surface area contributed by atoms with Crippen molar-refractivity contribution < 1.29 is 24.5 Å². The van der Waals surface area contributed by atoms with E-state index in [1.807, 2.05) is 0 Å². The van der Waals surface area contributed by atoms with E-state index in [-0.39, 0.29) is 41.7 Å². The summed E-state index contributed by atoms with van der Waals surface area (Å²) in [6, 6.07) is 0. The van der Waals surface area contributed by atoms with Gasteiger partial charge in [-0.1, -0.05) is 55.9 Å². The summed E-state index contributed by atoms with van der Waals surface area (Å²) >= 11 is 0. The van der Waals surface area contributed by atoms with E-state index in [0.29, 0.717) is 29.8 Å². The highest BCUT2D eigenvalue weighted by atomic mass is 16.5. The lowest BCUT2D eigenvalue weighted by molar-refractivity contribution is -0.159. The topological polar surface area (TPSA) is 83.8 Å². The summed E-state index contributed by atoms with van der Waals surface area (Å²) in [6.45, 7) is 3.79. The van der Waals surface area contributed by atoms with Crippen LogP contribution in [-0.2, 0) is 14.3 Å². The van der Waals surface area contributed by atoms with Gasteiger partial charge in [-0.3, -0.25) is 9.59 Å². The number of carboxylic acid groups (broad SMARTS) is 2. The highest BCUT2D eigenvalue weighted by molar-refractivity contribution is 5.80. The van der Waals surface area contributed by atoms with Crippen molar-refractivity contribution in [1.82, 2.24) is 0 Å². The van der Waals surface area contributed by atoms with Gasteiger partial charge in [0.05, 0.1) is 24.0 Å². The number of hydrogen-bond donors (Lipinski definition) is 2. The van der Waals surface area contributed by atoms with Crippen LogP contribution in [0.2, 0.25) is 0 Å². The van der Waals surface area contributed by atoms with Crippen molar-refractivity contribution in [3.8, 4) is 0 Å². The fourth-order valence-corrected chi connectivity index (χ4v) is 9.45. The van der Waals surface area contributed by atoms with Crippen LogP contribution in [0.1, 0.15) is 108 Å². The highest BCUT2D eigenvalue weighted by Gasteiger charge is 2.67. The molecular formula is C30H56O5.